The first-order valence-electron chi connectivity index (χ1n) is 10.1. The van der Waals surface area contributed by atoms with Crippen LogP contribution in [0.15, 0.2) is 59.4 Å². The number of fused-ring (bicyclic) bond motifs is 1. The number of nitrogens with one attached hydrogen (secondary N) is 1. The summed E-state index contributed by atoms with van der Waals surface area (Å²) in [5.41, 5.74) is 2.32. The van der Waals surface area contributed by atoms with E-state index in [1.165, 1.54) is 19.2 Å². The second-order valence-electron chi connectivity index (χ2n) is 7.39. The van der Waals surface area contributed by atoms with Crippen molar-refractivity contribution >= 4 is 10.9 Å². The molecule has 0 aliphatic heterocycles. The van der Waals surface area contributed by atoms with Crippen LogP contribution >= 0.6 is 0 Å². The van der Waals surface area contributed by atoms with Gasteiger partial charge in [-0.25, -0.2) is 4.39 Å². The Bertz CT molecular complexity index is 1450. The second-order valence-corrected chi connectivity index (χ2v) is 7.39. The predicted molar refractivity (Wildman–Crippen MR) is 124 cm³/mol. The van der Waals surface area contributed by atoms with Crippen LogP contribution in [0.25, 0.3) is 22.0 Å². The van der Waals surface area contributed by atoms with E-state index in [0.29, 0.717) is 45.7 Å². The van der Waals surface area contributed by atoms with Crippen molar-refractivity contribution in [2.24, 2.45) is 0 Å². The fraction of sp³-hybridized carbons (Fsp3) is 0.154. The molecule has 0 bridgehead atoms. The molecule has 1 N–H and O–H groups in total. The summed E-state index contributed by atoms with van der Waals surface area (Å²) in [7, 11) is 4.69. The van der Waals surface area contributed by atoms with Gasteiger partial charge in [0.05, 0.1) is 26.8 Å². The molecule has 0 aliphatic rings. The lowest BCUT2D eigenvalue weighted by Gasteiger charge is -2.16. The highest BCUT2D eigenvalue weighted by atomic mass is 19.1. The van der Waals surface area contributed by atoms with Gasteiger partial charge in [-0.1, -0.05) is 18.2 Å². The Morgan fingerprint density at radius 1 is 0.939 bits per heavy atom. The first kappa shape index (κ1) is 21.9. The number of H-pyrrole nitrogens is 1. The fourth-order valence-corrected chi connectivity index (χ4v) is 3.95. The van der Waals surface area contributed by atoms with Crippen molar-refractivity contribution in [3.8, 4) is 34.4 Å². The zero-order valence-electron chi connectivity index (χ0n) is 18.4. The molecule has 0 unspecified atom stereocenters. The average Bonchev–Trinajstić information content (AvgIpc) is 2.83. The molecule has 4 aromatic rings. The van der Waals surface area contributed by atoms with Crippen molar-refractivity contribution in [3.63, 3.8) is 0 Å². The normalized spacial score (nSPS) is 10.6. The molecule has 0 atom stereocenters. The molecule has 4 rings (SSSR count). The summed E-state index contributed by atoms with van der Waals surface area (Å²) in [5.74, 6) is 1.37. The molecule has 0 saturated carbocycles. The van der Waals surface area contributed by atoms with E-state index in [4.69, 9.17) is 14.2 Å². The minimum absolute atomic E-state index is 0.0886. The summed E-state index contributed by atoms with van der Waals surface area (Å²) in [6, 6.07) is 16.9. The monoisotopic (exact) mass is 444 g/mol. The van der Waals surface area contributed by atoms with E-state index >= 15 is 0 Å². The smallest absolute Gasteiger partial charge is 0.267 e. The van der Waals surface area contributed by atoms with Gasteiger partial charge < -0.3 is 19.2 Å². The van der Waals surface area contributed by atoms with Crippen molar-refractivity contribution < 1.29 is 18.6 Å². The molecule has 0 saturated heterocycles. The second kappa shape index (κ2) is 9.05. The van der Waals surface area contributed by atoms with Gasteiger partial charge in [0, 0.05) is 23.4 Å². The Balaban J connectivity index is 2.02. The summed E-state index contributed by atoms with van der Waals surface area (Å²) in [4.78, 5) is 15.7. The van der Waals surface area contributed by atoms with Crippen LogP contribution in [-0.4, -0.2) is 26.3 Å². The summed E-state index contributed by atoms with van der Waals surface area (Å²) in [6.45, 7) is 0. The number of hydrogen-bond donors (Lipinski definition) is 1. The maximum Gasteiger partial charge on any atom is 0.267 e. The number of methoxy groups -OCH3 is 3. The van der Waals surface area contributed by atoms with Crippen molar-refractivity contribution in [1.82, 2.24) is 4.98 Å². The van der Waals surface area contributed by atoms with E-state index in [9.17, 15) is 14.4 Å². The number of ether oxygens (including phenoxy) is 3. The molecule has 0 aliphatic carbocycles. The van der Waals surface area contributed by atoms with E-state index in [1.54, 1.807) is 38.5 Å². The van der Waals surface area contributed by atoms with E-state index in [1.807, 2.05) is 24.3 Å². The standard InChI is InChI=1S/C26H21FN2O4/c1-31-19-8-7-15(23(13-19)33-3)9-17-11-20(32-2)12-21-24(16-5-4-6-18(27)10-16)22(14-28)26(30)29-25(17)21/h4-8,10-13H,9H2,1-3H3,(H,29,30). The van der Waals surface area contributed by atoms with Gasteiger partial charge in [-0.3, -0.25) is 4.79 Å². The largest absolute Gasteiger partial charge is 0.497 e. The lowest BCUT2D eigenvalue weighted by Crippen LogP contribution is -2.13. The first-order valence-corrected chi connectivity index (χ1v) is 10.1. The summed E-state index contributed by atoms with van der Waals surface area (Å²) < 4.78 is 30.3. The van der Waals surface area contributed by atoms with Crippen LogP contribution in [0, 0.1) is 17.1 Å². The SMILES string of the molecule is COc1ccc(Cc2cc(OC)cc3c(-c4cccc(F)c4)c(C#N)c(=O)[nH]c23)c(OC)c1. The predicted octanol–water partition coefficient (Wildman–Crippen LogP) is 4.82. The molecule has 1 aromatic heterocycles. The summed E-state index contributed by atoms with van der Waals surface area (Å²) in [5, 5.41) is 10.3. The quantitative estimate of drug-likeness (QED) is 0.461. The third kappa shape index (κ3) is 4.11. The van der Waals surface area contributed by atoms with Gasteiger partial charge in [-0.2, -0.15) is 5.26 Å². The Hall–Kier alpha value is -4.31. The number of nitrogens with zero attached hydrogens (tertiary/aromatic N) is 1. The number of benzene rings is 3. The number of hydrogen-bond acceptors (Lipinski definition) is 5. The van der Waals surface area contributed by atoms with E-state index in [0.717, 1.165) is 11.1 Å². The van der Waals surface area contributed by atoms with Crippen LogP contribution in [-0.2, 0) is 6.42 Å². The fourth-order valence-electron chi connectivity index (χ4n) is 3.95. The third-order valence-electron chi connectivity index (χ3n) is 5.51. The molecule has 7 heteroatoms. The highest BCUT2D eigenvalue weighted by Gasteiger charge is 2.19. The molecule has 1 heterocycles. The topological polar surface area (TPSA) is 84.3 Å². The lowest BCUT2D eigenvalue weighted by molar-refractivity contribution is 0.391. The third-order valence-corrected chi connectivity index (χ3v) is 5.51. The van der Waals surface area contributed by atoms with Crippen LogP contribution in [0.5, 0.6) is 17.2 Å². The Morgan fingerprint density at radius 3 is 2.39 bits per heavy atom. The lowest BCUT2D eigenvalue weighted by atomic mass is 9.93. The molecule has 33 heavy (non-hydrogen) atoms. The first-order chi connectivity index (χ1) is 16.0. The van der Waals surface area contributed by atoms with Gasteiger partial charge >= 0.3 is 0 Å². The maximum atomic E-state index is 14.0. The highest BCUT2D eigenvalue weighted by Crippen LogP contribution is 2.36. The molecule has 0 radical (unpaired) electrons. The molecular weight excluding hydrogens is 423 g/mol. The Kier molecular flexibility index (Phi) is 6.01. The maximum absolute atomic E-state index is 14.0. The van der Waals surface area contributed by atoms with E-state index < -0.39 is 11.4 Å². The average molecular weight is 444 g/mol. The van der Waals surface area contributed by atoms with Crippen LogP contribution in [0.1, 0.15) is 16.7 Å². The molecule has 0 fully saturated rings. The minimum Gasteiger partial charge on any atom is -0.497 e. The van der Waals surface area contributed by atoms with Gasteiger partial charge in [0.15, 0.2) is 0 Å². The summed E-state index contributed by atoms with van der Waals surface area (Å²) >= 11 is 0. The molecule has 166 valence electrons. The number of rotatable bonds is 6. The Labute approximate surface area is 189 Å². The zero-order chi connectivity index (χ0) is 23.5. The van der Waals surface area contributed by atoms with Gasteiger partial charge in [-0.05, 0) is 47.0 Å². The van der Waals surface area contributed by atoms with Gasteiger partial charge in [0.25, 0.3) is 5.56 Å². The molecule has 0 amide bonds. The van der Waals surface area contributed by atoms with Gasteiger partial charge in [-0.15, -0.1) is 0 Å². The van der Waals surface area contributed by atoms with Crippen molar-refractivity contribution in [2.75, 3.05) is 21.3 Å². The number of halogens is 1. The molecular formula is C26H21FN2O4. The van der Waals surface area contributed by atoms with Crippen molar-refractivity contribution in [1.29, 1.82) is 5.26 Å². The van der Waals surface area contributed by atoms with Crippen LogP contribution < -0.4 is 19.8 Å². The highest BCUT2D eigenvalue weighted by molar-refractivity contribution is 5.99. The van der Waals surface area contributed by atoms with Gasteiger partial charge in [0.2, 0.25) is 0 Å². The number of aromatic amines is 1. The summed E-state index contributed by atoms with van der Waals surface area (Å²) in [6.07, 6.45) is 0.408. The number of pyridine rings is 1. The van der Waals surface area contributed by atoms with Crippen molar-refractivity contribution in [3.05, 3.63) is 87.5 Å². The molecule has 0 spiro atoms. The van der Waals surface area contributed by atoms with Gasteiger partial charge in [0.1, 0.15) is 34.7 Å². The molecule has 6 nitrogen and oxygen atoms in total. The molecule has 3 aromatic carbocycles. The van der Waals surface area contributed by atoms with E-state index in [2.05, 4.69) is 4.98 Å². The zero-order valence-corrected chi connectivity index (χ0v) is 18.4. The number of nitriles is 1. The van der Waals surface area contributed by atoms with Crippen LogP contribution in [0.3, 0.4) is 0 Å². The van der Waals surface area contributed by atoms with Crippen LogP contribution in [0.2, 0.25) is 0 Å². The van der Waals surface area contributed by atoms with Crippen molar-refractivity contribution in [2.45, 2.75) is 6.42 Å². The Morgan fingerprint density at radius 2 is 1.73 bits per heavy atom. The number of aromatic nitrogens is 1. The van der Waals surface area contributed by atoms with Crippen LogP contribution in [0.4, 0.5) is 4.39 Å². The minimum atomic E-state index is -0.544. The van der Waals surface area contributed by atoms with E-state index in [-0.39, 0.29) is 5.56 Å².